The molecule has 0 saturated carbocycles. The monoisotopic (exact) mass is 466 g/mol. The number of hydrogen-bond donors (Lipinski definition) is 0. The number of aromatic nitrogens is 6. The predicted octanol–water partition coefficient (Wildman–Crippen LogP) is 4.79. The van der Waals surface area contributed by atoms with Crippen molar-refractivity contribution in [3.05, 3.63) is 65.2 Å². The molecule has 30 heavy (non-hydrogen) atoms. The lowest BCUT2D eigenvalue weighted by atomic mass is 10.0. The van der Waals surface area contributed by atoms with Gasteiger partial charge < -0.3 is 9.30 Å². The molecule has 0 amide bonds. The summed E-state index contributed by atoms with van der Waals surface area (Å²) in [6.45, 7) is 12.4. The Hall–Kier alpha value is -2.74. The maximum atomic E-state index is 5.71. The Morgan fingerprint density at radius 3 is 2.53 bits per heavy atom. The molecule has 4 aromatic rings. The second kappa shape index (κ2) is 8.18. The highest BCUT2D eigenvalue weighted by molar-refractivity contribution is 9.10. The van der Waals surface area contributed by atoms with Gasteiger partial charge in [0.25, 0.3) is 0 Å². The van der Waals surface area contributed by atoms with Crippen LogP contribution in [0.1, 0.15) is 36.7 Å². The number of methoxy groups -OCH3 is 1. The fourth-order valence-corrected chi connectivity index (χ4v) is 3.99. The summed E-state index contributed by atoms with van der Waals surface area (Å²) in [5.74, 6) is 2.61. The van der Waals surface area contributed by atoms with Crippen molar-refractivity contribution in [2.45, 2.75) is 33.2 Å². The van der Waals surface area contributed by atoms with Gasteiger partial charge in [-0.1, -0.05) is 38.1 Å². The van der Waals surface area contributed by atoms with Crippen molar-refractivity contribution in [1.82, 2.24) is 29.8 Å². The summed E-state index contributed by atoms with van der Waals surface area (Å²) in [7, 11) is 1.65. The zero-order valence-electron chi connectivity index (χ0n) is 17.4. The predicted molar refractivity (Wildman–Crippen MR) is 120 cm³/mol. The standard InChI is InChI=1S/C22H23BrN6O/c1-6-28-21-18(30-5)11-17(12-29-26-14(4)25-27-29)19(23)20(21)24-22(28)16-9-7-15(8-10-16)13(2)3/h6-11,13H,1,12H2,2-5H3. The molecule has 4 rings (SSSR count). The molecule has 2 aromatic carbocycles. The minimum Gasteiger partial charge on any atom is -0.494 e. The molecule has 0 bridgehead atoms. The van der Waals surface area contributed by atoms with Gasteiger partial charge in [0.15, 0.2) is 5.82 Å². The maximum Gasteiger partial charge on any atom is 0.171 e. The third-order valence-corrected chi connectivity index (χ3v) is 5.93. The topological polar surface area (TPSA) is 70.7 Å². The maximum absolute atomic E-state index is 5.71. The third-order valence-electron chi connectivity index (χ3n) is 5.04. The lowest BCUT2D eigenvalue weighted by Crippen LogP contribution is -2.06. The average Bonchev–Trinajstić information content (AvgIpc) is 3.33. The zero-order chi connectivity index (χ0) is 21.4. The minimum atomic E-state index is 0.451. The number of imidazole rings is 1. The van der Waals surface area contributed by atoms with Crippen LogP contribution in [0.2, 0.25) is 0 Å². The first kappa shape index (κ1) is 20.5. The van der Waals surface area contributed by atoms with Crippen molar-refractivity contribution in [2.24, 2.45) is 0 Å². The first-order chi connectivity index (χ1) is 14.4. The summed E-state index contributed by atoms with van der Waals surface area (Å²) in [6, 6.07) is 10.4. The van der Waals surface area contributed by atoms with Crippen LogP contribution in [0.5, 0.6) is 5.75 Å². The van der Waals surface area contributed by atoms with Crippen molar-refractivity contribution in [2.75, 3.05) is 7.11 Å². The van der Waals surface area contributed by atoms with Gasteiger partial charge in [-0.2, -0.15) is 4.80 Å². The Bertz CT molecular complexity index is 1190. The molecule has 0 aliphatic rings. The van der Waals surface area contributed by atoms with Crippen molar-refractivity contribution in [1.29, 1.82) is 0 Å². The molecule has 0 aliphatic heterocycles. The number of aryl methyl sites for hydroxylation is 1. The molecule has 154 valence electrons. The van der Waals surface area contributed by atoms with Crippen LogP contribution in [0.4, 0.5) is 0 Å². The fourth-order valence-electron chi connectivity index (χ4n) is 3.48. The van der Waals surface area contributed by atoms with Gasteiger partial charge in [-0.15, -0.1) is 10.2 Å². The van der Waals surface area contributed by atoms with Crippen LogP contribution in [0.25, 0.3) is 22.4 Å². The summed E-state index contributed by atoms with van der Waals surface area (Å²) in [4.78, 5) is 6.50. The van der Waals surface area contributed by atoms with Crippen molar-refractivity contribution in [3.8, 4) is 17.1 Å². The van der Waals surface area contributed by atoms with Gasteiger partial charge in [-0.05, 0) is 58.1 Å². The molecule has 0 fully saturated rings. The molecule has 2 heterocycles. The van der Waals surface area contributed by atoms with Crippen molar-refractivity contribution < 1.29 is 4.74 Å². The molecule has 2 aromatic heterocycles. The Morgan fingerprint density at radius 2 is 1.97 bits per heavy atom. The van der Waals surface area contributed by atoms with E-state index in [1.165, 1.54) is 5.56 Å². The Labute approximate surface area is 184 Å². The Balaban J connectivity index is 1.87. The number of ether oxygens (including phenoxy) is 1. The molecule has 0 saturated heterocycles. The second-order valence-electron chi connectivity index (χ2n) is 7.38. The van der Waals surface area contributed by atoms with Gasteiger partial charge in [0.1, 0.15) is 22.6 Å². The van der Waals surface area contributed by atoms with Crippen molar-refractivity contribution >= 4 is 27.0 Å². The van der Waals surface area contributed by atoms with E-state index in [0.717, 1.165) is 32.5 Å². The summed E-state index contributed by atoms with van der Waals surface area (Å²) in [5.41, 5.74) is 4.90. The summed E-state index contributed by atoms with van der Waals surface area (Å²) < 4.78 is 8.55. The van der Waals surface area contributed by atoms with Gasteiger partial charge in [-0.25, -0.2) is 4.98 Å². The molecule has 0 atom stereocenters. The molecule has 0 aliphatic carbocycles. The Morgan fingerprint density at radius 1 is 1.23 bits per heavy atom. The molecular weight excluding hydrogens is 444 g/mol. The van der Waals surface area contributed by atoms with Crippen LogP contribution in [-0.2, 0) is 6.54 Å². The third kappa shape index (κ3) is 3.60. The number of fused-ring (bicyclic) bond motifs is 1. The van der Waals surface area contributed by atoms with Crippen LogP contribution in [0.15, 0.2) is 34.8 Å². The number of nitrogens with zero attached hydrogens (tertiary/aromatic N) is 6. The highest BCUT2D eigenvalue weighted by atomic mass is 79.9. The average molecular weight is 467 g/mol. The molecule has 0 N–H and O–H groups in total. The molecule has 2 radical (unpaired) electrons. The minimum absolute atomic E-state index is 0.451. The van der Waals surface area contributed by atoms with Gasteiger partial charge >= 0.3 is 0 Å². The van der Waals surface area contributed by atoms with Crippen molar-refractivity contribution in [3.63, 3.8) is 0 Å². The number of tetrazole rings is 1. The molecule has 7 nitrogen and oxygen atoms in total. The fraction of sp³-hybridized carbons (Fsp3) is 0.273. The van der Waals surface area contributed by atoms with E-state index in [9.17, 15) is 0 Å². The number of hydrogen-bond acceptors (Lipinski definition) is 5. The van der Waals surface area contributed by atoms with E-state index >= 15 is 0 Å². The zero-order valence-corrected chi connectivity index (χ0v) is 19.0. The van der Waals surface area contributed by atoms with Crippen LogP contribution in [0, 0.1) is 20.4 Å². The molecular formula is C22H23BrN6O. The summed E-state index contributed by atoms with van der Waals surface area (Å²) >= 11 is 3.73. The second-order valence-corrected chi connectivity index (χ2v) is 8.17. The quantitative estimate of drug-likeness (QED) is 0.408. The molecule has 0 spiro atoms. The molecule has 0 unspecified atom stereocenters. The first-order valence-corrected chi connectivity index (χ1v) is 10.5. The van der Waals surface area contributed by atoms with E-state index in [4.69, 9.17) is 9.72 Å². The highest BCUT2D eigenvalue weighted by Crippen LogP contribution is 2.38. The van der Waals surface area contributed by atoms with Crippen LogP contribution >= 0.6 is 15.9 Å². The number of benzene rings is 2. The highest BCUT2D eigenvalue weighted by Gasteiger charge is 2.21. The van der Waals surface area contributed by atoms with Gasteiger partial charge in [0.05, 0.1) is 24.7 Å². The van der Waals surface area contributed by atoms with E-state index in [0.29, 0.717) is 24.0 Å². The van der Waals surface area contributed by atoms with Gasteiger partial charge in [-0.3, -0.25) is 0 Å². The lowest BCUT2D eigenvalue weighted by Gasteiger charge is -2.12. The van der Waals surface area contributed by atoms with E-state index < -0.39 is 0 Å². The SMILES string of the molecule is [CH2][CH]n1c(-c2ccc(C(C)C)cc2)nc2c(Br)c(Cn3nnc(C)n3)cc(OC)c21. The summed E-state index contributed by atoms with van der Waals surface area (Å²) in [5, 5.41) is 12.3. The van der Waals surface area contributed by atoms with E-state index in [1.807, 2.05) is 17.6 Å². The molecule has 8 heteroatoms. The smallest absolute Gasteiger partial charge is 0.171 e. The first-order valence-electron chi connectivity index (χ1n) is 9.67. The number of halogens is 1. The summed E-state index contributed by atoms with van der Waals surface area (Å²) in [6.07, 6.45) is 0. The number of rotatable bonds is 6. The lowest BCUT2D eigenvalue weighted by molar-refractivity contribution is 0.417. The van der Waals surface area contributed by atoms with E-state index in [1.54, 1.807) is 18.5 Å². The van der Waals surface area contributed by atoms with E-state index in [-0.39, 0.29) is 0 Å². The van der Waals surface area contributed by atoms with Crippen LogP contribution in [-0.4, -0.2) is 36.9 Å². The Kier molecular flexibility index (Phi) is 5.60. The van der Waals surface area contributed by atoms with Gasteiger partial charge in [0.2, 0.25) is 0 Å². The van der Waals surface area contributed by atoms with Crippen LogP contribution < -0.4 is 4.74 Å². The largest absolute Gasteiger partial charge is 0.494 e. The van der Waals surface area contributed by atoms with Gasteiger partial charge in [0, 0.05) is 5.56 Å². The van der Waals surface area contributed by atoms with E-state index in [2.05, 4.69) is 76.4 Å². The van der Waals surface area contributed by atoms with Crippen LogP contribution in [0.3, 0.4) is 0 Å². The normalized spacial score (nSPS) is 11.6.